The topological polar surface area (TPSA) is 58.2 Å². The largest absolute Gasteiger partial charge is 0.353 e. The fourth-order valence-electron chi connectivity index (χ4n) is 0.988. The molecule has 0 aromatic carbocycles. The van der Waals surface area contributed by atoms with Crippen LogP contribution in [0.25, 0.3) is 12.2 Å². The first-order valence-corrected chi connectivity index (χ1v) is 6.63. The highest BCUT2D eigenvalue weighted by molar-refractivity contribution is 7.36. The fourth-order valence-corrected chi connectivity index (χ4v) is 2.89. The molecule has 0 saturated heterocycles. The molecule has 0 radical (unpaired) electrons. The van der Waals surface area contributed by atoms with E-state index in [-0.39, 0.29) is 11.8 Å². The summed E-state index contributed by atoms with van der Waals surface area (Å²) in [6, 6.07) is 0. The van der Waals surface area contributed by atoms with Gasteiger partial charge < -0.3 is 10.6 Å². The Morgan fingerprint density at radius 3 is 1.69 bits per heavy atom. The number of amides is 2. The maximum Gasteiger partial charge on any atom is 0.246 e. The minimum atomic E-state index is -0.0884. The highest BCUT2D eigenvalue weighted by Crippen LogP contribution is 1.88. The van der Waals surface area contributed by atoms with Crippen molar-refractivity contribution in [2.24, 2.45) is 0 Å². The summed E-state index contributed by atoms with van der Waals surface area (Å²) in [5, 5.41) is 5.36. The van der Waals surface area contributed by atoms with Crippen LogP contribution in [-0.2, 0) is 9.59 Å². The lowest BCUT2D eigenvalue weighted by atomic mass is 10.5. The predicted octanol–water partition coefficient (Wildman–Crippen LogP) is -0.357. The van der Waals surface area contributed by atoms with Gasteiger partial charge in [-0.1, -0.05) is 0 Å². The van der Waals surface area contributed by atoms with E-state index in [1.807, 2.05) is 13.8 Å². The van der Waals surface area contributed by atoms with Crippen molar-refractivity contribution < 1.29 is 9.59 Å². The Labute approximate surface area is 102 Å². The average Bonchev–Trinajstić information content (AvgIpc) is 2.15. The van der Waals surface area contributed by atoms with E-state index in [1.54, 1.807) is 12.2 Å². The van der Waals surface area contributed by atoms with Gasteiger partial charge >= 0.3 is 0 Å². The maximum absolute atomic E-state index is 11.2. The van der Waals surface area contributed by atoms with Crippen molar-refractivity contribution in [1.29, 1.82) is 0 Å². The SMILES string of the molecule is CCNC(=O)C=c1sc(=CC(=O)NCC)s1. The van der Waals surface area contributed by atoms with E-state index in [4.69, 9.17) is 0 Å². The lowest BCUT2D eigenvalue weighted by molar-refractivity contribution is -0.115. The van der Waals surface area contributed by atoms with Gasteiger partial charge in [-0.3, -0.25) is 9.59 Å². The molecule has 0 saturated carbocycles. The molecule has 0 bridgehead atoms. The second kappa shape index (κ2) is 6.44. The summed E-state index contributed by atoms with van der Waals surface area (Å²) in [6.45, 7) is 4.99. The standard InChI is InChI=1S/C10H14N2O2S2/c1-3-11-7(13)5-9-15-10(16-9)6-8(14)12-4-2/h5-6H,3-4H2,1-2H3,(H,11,13)(H,12,14). The zero-order valence-electron chi connectivity index (χ0n) is 9.20. The smallest absolute Gasteiger partial charge is 0.246 e. The van der Waals surface area contributed by atoms with Gasteiger partial charge in [-0.25, -0.2) is 0 Å². The lowest BCUT2D eigenvalue weighted by Gasteiger charge is -1.97. The molecule has 1 heterocycles. The number of nitrogens with one attached hydrogen (secondary N) is 2. The zero-order chi connectivity index (χ0) is 12.0. The molecule has 6 heteroatoms. The van der Waals surface area contributed by atoms with Crippen LogP contribution >= 0.6 is 22.7 Å². The zero-order valence-corrected chi connectivity index (χ0v) is 10.8. The Morgan fingerprint density at radius 1 is 1.00 bits per heavy atom. The average molecular weight is 258 g/mol. The maximum atomic E-state index is 11.2. The Hall–Kier alpha value is -1.14. The molecule has 0 aliphatic heterocycles. The Bertz CT molecular complexity index is 415. The highest BCUT2D eigenvalue weighted by Gasteiger charge is 1.98. The van der Waals surface area contributed by atoms with Gasteiger partial charge in [0.1, 0.15) is 0 Å². The van der Waals surface area contributed by atoms with E-state index in [9.17, 15) is 9.59 Å². The molecular weight excluding hydrogens is 244 g/mol. The van der Waals surface area contributed by atoms with Crippen molar-refractivity contribution in [3.63, 3.8) is 0 Å². The second-order valence-electron chi connectivity index (χ2n) is 2.92. The van der Waals surface area contributed by atoms with Crippen LogP contribution < -0.4 is 18.3 Å². The van der Waals surface area contributed by atoms with Crippen molar-refractivity contribution in [3.05, 3.63) is 7.69 Å². The van der Waals surface area contributed by atoms with Crippen LogP contribution in [0.2, 0.25) is 0 Å². The molecule has 0 atom stereocenters. The summed E-state index contributed by atoms with van der Waals surface area (Å²) < 4.78 is 1.84. The lowest BCUT2D eigenvalue weighted by Crippen LogP contribution is -2.25. The third kappa shape index (κ3) is 4.16. The van der Waals surface area contributed by atoms with Gasteiger partial charge in [0, 0.05) is 25.2 Å². The molecule has 0 unspecified atom stereocenters. The van der Waals surface area contributed by atoms with Crippen molar-refractivity contribution in [2.45, 2.75) is 13.8 Å². The minimum Gasteiger partial charge on any atom is -0.353 e. The molecule has 0 aliphatic rings. The molecule has 1 aromatic heterocycles. The quantitative estimate of drug-likeness (QED) is 0.775. The van der Waals surface area contributed by atoms with Crippen molar-refractivity contribution in [2.75, 3.05) is 13.1 Å². The minimum absolute atomic E-state index is 0.0884. The highest BCUT2D eigenvalue weighted by atomic mass is 32.2. The van der Waals surface area contributed by atoms with Gasteiger partial charge in [0.25, 0.3) is 0 Å². The van der Waals surface area contributed by atoms with E-state index in [2.05, 4.69) is 10.6 Å². The molecule has 88 valence electrons. The van der Waals surface area contributed by atoms with Crippen molar-refractivity contribution >= 4 is 46.6 Å². The van der Waals surface area contributed by atoms with Crippen LogP contribution in [-0.4, -0.2) is 24.9 Å². The number of carbonyl (C=O) groups is 2. The normalized spacial score (nSPS) is 9.62. The van der Waals surface area contributed by atoms with Gasteiger partial charge in [-0.2, -0.15) is 0 Å². The number of hydrogen-bond donors (Lipinski definition) is 2. The van der Waals surface area contributed by atoms with Crippen LogP contribution in [0.15, 0.2) is 0 Å². The van der Waals surface area contributed by atoms with E-state index in [0.717, 1.165) is 7.69 Å². The molecule has 0 aliphatic carbocycles. The summed E-state index contributed by atoms with van der Waals surface area (Å²) in [4.78, 5) is 22.3. The molecule has 2 N–H and O–H groups in total. The third-order valence-electron chi connectivity index (χ3n) is 1.60. The van der Waals surface area contributed by atoms with Crippen LogP contribution in [0.1, 0.15) is 13.8 Å². The van der Waals surface area contributed by atoms with E-state index in [0.29, 0.717) is 13.1 Å². The van der Waals surface area contributed by atoms with Crippen LogP contribution in [0.5, 0.6) is 0 Å². The summed E-state index contributed by atoms with van der Waals surface area (Å²) >= 11 is 2.89. The molecule has 16 heavy (non-hydrogen) atoms. The molecule has 0 fully saturated rings. The third-order valence-corrected chi connectivity index (χ3v) is 3.88. The summed E-state index contributed by atoms with van der Waals surface area (Å²) in [5.74, 6) is -0.177. The first kappa shape index (κ1) is 12.9. The first-order valence-electron chi connectivity index (χ1n) is 5.00. The molecule has 0 spiro atoms. The van der Waals surface area contributed by atoms with Crippen LogP contribution in [0.3, 0.4) is 0 Å². The summed E-state index contributed by atoms with van der Waals surface area (Å²) in [5.41, 5.74) is 0. The first-order chi connectivity index (χ1) is 7.65. The summed E-state index contributed by atoms with van der Waals surface area (Å²) in [7, 11) is 0. The number of carbonyl (C=O) groups excluding carboxylic acids is 2. The fraction of sp³-hybridized carbons (Fsp3) is 0.400. The van der Waals surface area contributed by atoms with Gasteiger partial charge in [0.2, 0.25) is 11.8 Å². The van der Waals surface area contributed by atoms with Gasteiger partial charge in [0.15, 0.2) is 0 Å². The van der Waals surface area contributed by atoms with E-state index >= 15 is 0 Å². The molecule has 1 rings (SSSR count). The van der Waals surface area contributed by atoms with Crippen molar-refractivity contribution in [1.82, 2.24) is 10.6 Å². The number of hydrogen-bond acceptors (Lipinski definition) is 4. The van der Waals surface area contributed by atoms with Gasteiger partial charge in [-0.05, 0) is 13.8 Å². The Kier molecular flexibility index (Phi) is 5.21. The van der Waals surface area contributed by atoms with Crippen LogP contribution in [0, 0.1) is 0 Å². The Balaban J connectivity index is 2.64. The predicted molar refractivity (Wildman–Crippen MR) is 67.7 cm³/mol. The number of rotatable bonds is 4. The molecule has 4 nitrogen and oxygen atoms in total. The monoisotopic (exact) mass is 258 g/mol. The molecular formula is C10H14N2O2S2. The van der Waals surface area contributed by atoms with Crippen LogP contribution in [0.4, 0.5) is 0 Å². The Morgan fingerprint density at radius 2 is 1.38 bits per heavy atom. The van der Waals surface area contributed by atoms with Crippen molar-refractivity contribution in [3.8, 4) is 0 Å². The second-order valence-corrected chi connectivity index (χ2v) is 5.60. The molecule has 1 aromatic rings. The summed E-state index contributed by atoms with van der Waals surface area (Å²) in [6.07, 6.45) is 3.10. The van der Waals surface area contributed by atoms with E-state index < -0.39 is 0 Å². The molecule has 2 amide bonds. The van der Waals surface area contributed by atoms with Gasteiger partial charge in [-0.15, -0.1) is 22.7 Å². The van der Waals surface area contributed by atoms with E-state index in [1.165, 1.54) is 22.7 Å². The van der Waals surface area contributed by atoms with Gasteiger partial charge in [0.05, 0.1) is 7.69 Å².